The van der Waals surface area contributed by atoms with Gasteiger partial charge in [0.05, 0.1) is 0 Å². The molecule has 3 N–H and O–H groups in total. The molecule has 0 bridgehead atoms. The van der Waals surface area contributed by atoms with E-state index < -0.39 is 0 Å². The summed E-state index contributed by atoms with van der Waals surface area (Å²) in [7, 11) is 0. The Morgan fingerprint density at radius 1 is 1.06 bits per heavy atom. The lowest BCUT2D eigenvalue weighted by molar-refractivity contribution is -0.117. The Hall–Kier alpha value is -2.29. The minimum atomic E-state index is -0.364. The molecule has 2 aromatic rings. The lowest BCUT2D eigenvalue weighted by atomic mass is 9.96. The summed E-state index contributed by atoms with van der Waals surface area (Å²) in [4.78, 5) is 10.9. The standard InChI is InChI=1S/C15H15NO2/c16-15(18)10-9-13-12(7-4-8-14(13)17)11-5-2-1-3-6-11/h1-8,17H,9-10H2,(H2,16,18). The predicted octanol–water partition coefficient (Wildman–Crippen LogP) is 2.48. The Bertz CT molecular complexity index is 550. The van der Waals surface area contributed by atoms with Crippen LogP contribution in [0.25, 0.3) is 11.1 Å². The van der Waals surface area contributed by atoms with Crippen molar-refractivity contribution >= 4 is 5.91 Å². The monoisotopic (exact) mass is 241 g/mol. The Balaban J connectivity index is 2.41. The van der Waals surface area contributed by atoms with Crippen molar-refractivity contribution in [3.63, 3.8) is 0 Å². The van der Waals surface area contributed by atoms with Crippen molar-refractivity contribution < 1.29 is 9.90 Å². The van der Waals surface area contributed by atoms with Gasteiger partial charge >= 0.3 is 0 Å². The first-order valence-electron chi connectivity index (χ1n) is 5.83. The van der Waals surface area contributed by atoms with E-state index in [1.807, 2.05) is 36.4 Å². The summed E-state index contributed by atoms with van der Waals surface area (Å²) >= 11 is 0. The van der Waals surface area contributed by atoms with Crippen LogP contribution in [0, 0.1) is 0 Å². The number of aromatic hydroxyl groups is 1. The molecule has 0 aromatic heterocycles. The van der Waals surface area contributed by atoms with Crippen molar-refractivity contribution in [3.8, 4) is 16.9 Å². The van der Waals surface area contributed by atoms with Crippen LogP contribution < -0.4 is 5.73 Å². The number of nitrogens with two attached hydrogens (primary N) is 1. The molecule has 1 amide bonds. The van der Waals surface area contributed by atoms with Gasteiger partial charge in [0.25, 0.3) is 0 Å². The van der Waals surface area contributed by atoms with Crippen LogP contribution in [0.5, 0.6) is 5.75 Å². The van der Waals surface area contributed by atoms with Gasteiger partial charge in [-0.15, -0.1) is 0 Å². The largest absolute Gasteiger partial charge is 0.508 e. The third kappa shape index (κ3) is 2.69. The van der Waals surface area contributed by atoms with Gasteiger partial charge in [0, 0.05) is 12.0 Å². The SMILES string of the molecule is NC(=O)CCc1c(O)cccc1-c1ccccc1. The zero-order valence-corrected chi connectivity index (χ0v) is 9.97. The minimum Gasteiger partial charge on any atom is -0.508 e. The summed E-state index contributed by atoms with van der Waals surface area (Å²) in [6, 6.07) is 15.1. The van der Waals surface area contributed by atoms with E-state index in [1.165, 1.54) is 0 Å². The van der Waals surface area contributed by atoms with Gasteiger partial charge in [-0.1, -0.05) is 42.5 Å². The molecule has 0 fully saturated rings. The Labute approximate surface area is 106 Å². The zero-order chi connectivity index (χ0) is 13.0. The number of hydrogen-bond acceptors (Lipinski definition) is 2. The van der Waals surface area contributed by atoms with Crippen LogP contribution >= 0.6 is 0 Å². The quantitative estimate of drug-likeness (QED) is 0.863. The van der Waals surface area contributed by atoms with Crippen LogP contribution in [0.2, 0.25) is 0 Å². The average Bonchev–Trinajstić information content (AvgIpc) is 2.38. The van der Waals surface area contributed by atoms with Crippen molar-refractivity contribution in [1.82, 2.24) is 0 Å². The maximum atomic E-state index is 10.9. The molecule has 0 aliphatic heterocycles. The molecule has 18 heavy (non-hydrogen) atoms. The second-order valence-corrected chi connectivity index (χ2v) is 4.14. The van der Waals surface area contributed by atoms with Crippen LogP contribution in [0.3, 0.4) is 0 Å². The number of primary amides is 1. The Morgan fingerprint density at radius 3 is 2.44 bits per heavy atom. The normalized spacial score (nSPS) is 10.2. The first-order chi connectivity index (χ1) is 8.68. The van der Waals surface area contributed by atoms with Crippen molar-refractivity contribution in [2.45, 2.75) is 12.8 Å². The molecule has 2 aromatic carbocycles. The molecule has 0 spiro atoms. The third-order valence-electron chi connectivity index (χ3n) is 2.86. The smallest absolute Gasteiger partial charge is 0.217 e. The van der Waals surface area contributed by atoms with Crippen LogP contribution in [-0.4, -0.2) is 11.0 Å². The van der Waals surface area contributed by atoms with Crippen molar-refractivity contribution in [2.75, 3.05) is 0 Å². The summed E-state index contributed by atoms with van der Waals surface area (Å²) in [6.45, 7) is 0. The van der Waals surface area contributed by atoms with E-state index in [0.717, 1.165) is 16.7 Å². The second kappa shape index (κ2) is 5.36. The lowest BCUT2D eigenvalue weighted by Crippen LogP contribution is -2.11. The highest BCUT2D eigenvalue weighted by Crippen LogP contribution is 2.30. The molecule has 0 atom stereocenters. The van der Waals surface area contributed by atoms with Crippen molar-refractivity contribution in [2.24, 2.45) is 5.73 Å². The molecule has 2 rings (SSSR count). The highest BCUT2D eigenvalue weighted by atomic mass is 16.3. The van der Waals surface area contributed by atoms with Crippen LogP contribution in [0.15, 0.2) is 48.5 Å². The van der Waals surface area contributed by atoms with Crippen LogP contribution in [0.4, 0.5) is 0 Å². The van der Waals surface area contributed by atoms with Crippen LogP contribution in [0.1, 0.15) is 12.0 Å². The van der Waals surface area contributed by atoms with E-state index in [9.17, 15) is 9.90 Å². The van der Waals surface area contributed by atoms with Gasteiger partial charge in [-0.05, 0) is 23.6 Å². The first kappa shape index (κ1) is 12.2. The van der Waals surface area contributed by atoms with E-state index >= 15 is 0 Å². The number of amides is 1. The fourth-order valence-electron chi connectivity index (χ4n) is 1.97. The summed E-state index contributed by atoms with van der Waals surface area (Å²) in [6.07, 6.45) is 0.684. The molecule has 3 heteroatoms. The van der Waals surface area contributed by atoms with Crippen LogP contribution in [-0.2, 0) is 11.2 Å². The fourth-order valence-corrected chi connectivity index (χ4v) is 1.97. The second-order valence-electron chi connectivity index (χ2n) is 4.14. The highest BCUT2D eigenvalue weighted by Gasteiger charge is 2.10. The molecule has 0 unspecified atom stereocenters. The summed E-state index contributed by atoms with van der Waals surface area (Å²) in [5.74, 6) is -0.158. The first-order valence-corrected chi connectivity index (χ1v) is 5.83. The Morgan fingerprint density at radius 2 is 1.78 bits per heavy atom. The number of phenolic OH excluding ortho intramolecular Hbond substituents is 1. The van der Waals surface area contributed by atoms with Gasteiger partial charge in [-0.25, -0.2) is 0 Å². The van der Waals surface area contributed by atoms with Gasteiger partial charge in [0.15, 0.2) is 0 Å². The topological polar surface area (TPSA) is 63.3 Å². The minimum absolute atomic E-state index is 0.206. The van der Waals surface area contributed by atoms with E-state index in [4.69, 9.17) is 5.73 Å². The molecular weight excluding hydrogens is 226 g/mol. The molecule has 0 radical (unpaired) electrons. The highest BCUT2D eigenvalue weighted by molar-refractivity contribution is 5.76. The zero-order valence-electron chi connectivity index (χ0n) is 9.97. The van der Waals surface area contributed by atoms with E-state index in [1.54, 1.807) is 12.1 Å². The number of phenols is 1. The van der Waals surface area contributed by atoms with E-state index in [-0.39, 0.29) is 18.1 Å². The Kier molecular flexibility index (Phi) is 3.63. The van der Waals surface area contributed by atoms with E-state index in [0.29, 0.717) is 6.42 Å². The van der Waals surface area contributed by atoms with Crippen molar-refractivity contribution in [1.29, 1.82) is 0 Å². The molecular formula is C15H15NO2. The number of hydrogen-bond donors (Lipinski definition) is 2. The lowest BCUT2D eigenvalue weighted by Gasteiger charge is -2.11. The molecule has 0 aliphatic carbocycles. The maximum absolute atomic E-state index is 10.9. The molecule has 0 saturated heterocycles. The summed E-state index contributed by atoms with van der Waals surface area (Å²) < 4.78 is 0. The maximum Gasteiger partial charge on any atom is 0.217 e. The molecule has 0 heterocycles. The third-order valence-corrected chi connectivity index (χ3v) is 2.86. The molecule has 0 saturated carbocycles. The summed E-state index contributed by atoms with van der Waals surface area (Å²) in [5.41, 5.74) is 7.89. The number of carbonyl (C=O) groups is 1. The molecule has 3 nitrogen and oxygen atoms in total. The predicted molar refractivity (Wildman–Crippen MR) is 71.1 cm³/mol. The number of rotatable bonds is 4. The van der Waals surface area contributed by atoms with Gasteiger partial charge in [-0.2, -0.15) is 0 Å². The van der Waals surface area contributed by atoms with Crippen molar-refractivity contribution in [3.05, 3.63) is 54.1 Å². The number of carbonyl (C=O) groups excluding carboxylic acids is 1. The van der Waals surface area contributed by atoms with Gasteiger partial charge in [0.2, 0.25) is 5.91 Å². The molecule has 92 valence electrons. The van der Waals surface area contributed by atoms with Gasteiger partial charge in [-0.3, -0.25) is 4.79 Å². The molecule has 0 aliphatic rings. The van der Waals surface area contributed by atoms with E-state index in [2.05, 4.69) is 0 Å². The fraction of sp³-hybridized carbons (Fsp3) is 0.133. The van der Waals surface area contributed by atoms with Gasteiger partial charge in [0.1, 0.15) is 5.75 Å². The number of benzene rings is 2. The summed E-state index contributed by atoms with van der Waals surface area (Å²) in [5, 5.41) is 9.91. The average molecular weight is 241 g/mol. The van der Waals surface area contributed by atoms with Gasteiger partial charge < -0.3 is 10.8 Å².